The van der Waals surface area contributed by atoms with Gasteiger partial charge >= 0.3 is 0 Å². The zero-order chi connectivity index (χ0) is 29.7. The molecule has 0 aliphatic rings. The lowest BCUT2D eigenvalue weighted by molar-refractivity contribution is -0.141. The highest BCUT2D eigenvalue weighted by atomic mass is 32.2. The molecule has 2 amide bonds. The summed E-state index contributed by atoms with van der Waals surface area (Å²) in [7, 11) is -4.10. The van der Waals surface area contributed by atoms with Gasteiger partial charge in [-0.15, -0.1) is 0 Å². The van der Waals surface area contributed by atoms with E-state index >= 15 is 0 Å². The second-order valence-electron chi connectivity index (χ2n) is 11.3. The molecule has 0 unspecified atom stereocenters. The molecule has 0 saturated carbocycles. The minimum Gasteiger partial charge on any atom is -0.350 e. The van der Waals surface area contributed by atoms with E-state index in [4.69, 9.17) is 0 Å². The van der Waals surface area contributed by atoms with Crippen LogP contribution in [0, 0.1) is 20.8 Å². The topological polar surface area (TPSA) is 86.8 Å². The highest BCUT2D eigenvalue weighted by molar-refractivity contribution is 7.92. The predicted molar refractivity (Wildman–Crippen MR) is 161 cm³/mol. The van der Waals surface area contributed by atoms with Gasteiger partial charge in [0.1, 0.15) is 12.6 Å². The van der Waals surface area contributed by atoms with E-state index in [2.05, 4.69) is 5.32 Å². The average molecular weight is 564 g/mol. The van der Waals surface area contributed by atoms with Gasteiger partial charge in [0.15, 0.2) is 0 Å². The number of amides is 2. The van der Waals surface area contributed by atoms with Gasteiger partial charge in [-0.05, 0) is 77.3 Å². The van der Waals surface area contributed by atoms with E-state index in [1.54, 1.807) is 36.4 Å². The second kappa shape index (κ2) is 12.7. The van der Waals surface area contributed by atoms with Crippen LogP contribution in [0.5, 0.6) is 0 Å². The maximum absolute atomic E-state index is 14.2. The maximum atomic E-state index is 14.2. The number of carbonyl (C=O) groups is 2. The number of nitrogens with one attached hydrogen (secondary N) is 1. The van der Waals surface area contributed by atoms with Gasteiger partial charge in [-0.25, -0.2) is 8.42 Å². The Kier molecular flexibility index (Phi) is 9.79. The molecule has 8 heteroatoms. The zero-order valence-corrected chi connectivity index (χ0v) is 25.4. The van der Waals surface area contributed by atoms with Crippen LogP contribution in [0.15, 0.2) is 77.7 Å². The van der Waals surface area contributed by atoms with Crippen LogP contribution >= 0.6 is 0 Å². The normalized spacial score (nSPS) is 12.5. The molecular weight excluding hydrogens is 522 g/mol. The first-order valence-electron chi connectivity index (χ1n) is 13.5. The SMILES string of the molecule is CC[C@@H](C(=O)NC(C)(C)C)N(Cc1cccc(C)c1)C(=O)CN(c1ccccc1C)S(=O)(=O)c1ccc(C)cc1. The largest absolute Gasteiger partial charge is 0.350 e. The van der Waals surface area contributed by atoms with E-state index in [0.29, 0.717) is 17.7 Å². The summed E-state index contributed by atoms with van der Waals surface area (Å²) in [6, 6.07) is 20.6. The first-order valence-corrected chi connectivity index (χ1v) is 15.0. The van der Waals surface area contributed by atoms with Crippen LogP contribution in [0.3, 0.4) is 0 Å². The number of benzene rings is 3. The quantitative estimate of drug-likeness (QED) is 0.352. The molecule has 1 atom stereocenters. The summed E-state index contributed by atoms with van der Waals surface area (Å²) >= 11 is 0. The molecule has 3 rings (SSSR count). The van der Waals surface area contributed by atoms with Crippen molar-refractivity contribution < 1.29 is 18.0 Å². The Hall–Kier alpha value is -3.65. The molecule has 0 heterocycles. The maximum Gasteiger partial charge on any atom is 0.264 e. The summed E-state index contributed by atoms with van der Waals surface area (Å²) in [6.45, 7) is 12.9. The number of hydrogen-bond donors (Lipinski definition) is 1. The number of para-hydroxylation sites is 1. The number of nitrogens with zero attached hydrogens (tertiary/aromatic N) is 2. The molecule has 1 N–H and O–H groups in total. The lowest BCUT2D eigenvalue weighted by atomic mass is 10.0. The fraction of sp³-hybridized carbons (Fsp3) is 0.375. The van der Waals surface area contributed by atoms with E-state index in [1.807, 2.05) is 84.9 Å². The van der Waals surface area contributed by atoms with E-state index in [-0.39, 0.29) is 17.3 Å². The Labute approximate surface area is 239 Å². The Morgan fingerprint density at radius 1 is 0.875 bits per heavy atom. The number of hydrogen-bond acceptors (Lipinski definition) is 4. The van der Waals surface area contributed by atoms with Gasteiger partial charge in [-0.2, -0.15) is 0 Å². The van der Waals surface area contributed by atoms with Gasteiger partial charge < -0.3 is 10.2 Å². The van der Waals surface area contributed by atoms with Gasteiger partial charge in [0, 0.05) is 12.1 Å². The smallest absolute Gasteiger partial charge is 0.264 e. The van der Waals surface area contributed by atoms with Crippen LogP contribution < -0.4 is 9.62 Å². The molecule has 214 valence electrons. The summed E-state index contributed by atoms with van der Waals surface area (Å²) in [5.41, 5.74) is 3.45. The molecule has 0 aromatic heterocycles. The molecule has 0 spiro atoms. The fourth-order valence-electron chi connectivity index (χ4n) is 4.57. The summed E-state index contributed by atoms with van der Waals surface area (Å²) in [6.07, 6.45) is 0.370. The number of sulfonamides is 1. The molecule has 0 aliphatic heterocycles. The zero-order valence-electron chi connectivity index (χ0n) is 24.6. The van der Waals surface area contributed by atoms with E-state index in [1.165, 1.54) is 4.90 Å². The third-order valence-corrected chi connectivity index (χ3v) is 8.37. The van der Waals surface area contributed by atoms with Crippen molar-refractivity contribution in [2.75, 3.05) is 10.8 Å². The Morgan fingerprint density at radius 3 is 2.10 bits per heavy atom. The van der Waals surface area contributed by atoms with Gasteiger partial charge in [-0.1, -0.05) is 72.6 Å². The van der Waals surface area contributed by atoms with Crippen molar-refractivity contribution >= 4 is 27.5 Å². The minimum absolute atomic E-state index is 0.0944. The van der Waals surface area contributed by atoms with Crippen molar-refractivity contribution in [1.82, 2.24) is 10.2 Å². The third kappa shape index (κ3) is 7.72. The first-order chi connectivity index (χ1) is 18.7. The van der Waals surface area contributed by atoms with Gasteiger partial charge in [0.2, 0.25) is 11.8 Å². The van der Waals surface area contributed by atoms with Crippen LogP contribution in [0.4, 0.5) is 5.69 Å². The Bertz CT molecular complexity index is 1440. The summed E-state index contributed by atoms with van der Waals surface area (Å²) in [5, 5.41) is 2.99. The van der Waals surface area contributed by atoms with E-state index < -0.39 is 34.1 Å². The van der Waals surface area contributed by atoms with Crippen LogP contribution in [0.2, 0.25) is 0 Å². The molecule has 0 bridgehead atoms. The number of anilines is 1. The van der Waals surface area contributed by atoms with Crippen LogP contribution in [-0.2, 0) is 26.2 Å². The van der Waals surface area contributed by atoms with Crippen molar-refractivity contribution in [3.63, 3.8) is 0 Å². The molecule has 0 fully saturated rings. The monoisotopic (exact) mass is 563 g/mol. The molecular formula is C32H41N3O4S. The fourth-order valence-corrected chi connectivity index (χ4v) is 6.05. The highest BCUT2D eigenvalue weighted by Gasteiger charge is 2.35. The van der Waals surface area contributed by atoms with Crippen molar-refractivity contribution in [3.8, 4) is 0 Å². The molecule has 0 radical (unpaired) electrons. The highest BCUT2D eigenvalue weighted by Crippen LogP contribution is 2.28. The Morgan fingerprint density at radius 2 is 1.52 bits per heavy atom. The van der Waals surface area contributed by atoms with Crippen molar-refractivity contribution in [3.05, 3.63) is 95.1 Å². The van der Waals surface area contributed by atoms with Crippen molar-refractivity contribution in [2.45, 2.75) is 77.9 Å². The molecule has 0 aliphatic carbocycles. The van der Waals surface area contributed by atoms with E-state index in [0.717, 1.165) is 21.0 Å². The standard InChI is InChI=1S/C32H41N3O4S/c1-8-28(31(37)33-32(5,6)7)34(21-26-14-11-12-24(3)20-26)30(36)22-35(29-15-10-9-13-25(29)4)40(38,39)27-18-16-23(2)17-19-27/h9-20,28H,8,21-22H2,1-7H3,(H,33,37)/t28-/m0/s1. The molecule has 7 nitrogen and oxygen atoms in total. The summed E-state index contributed by atoms with van der Waals surface area (Å²) < 4.78 is 29.1. The third-order valence-electron chi connectivity index (χ3n) is 6.59. The van der Waals surface area contributed by atoms with Crippen molar-refractivity contribution in [2.24, 2.45) is 0 Å². The van der Waals surface area contributed by atoms with Crippen LogP contribution in [0.25, 0.3) is 0 Å². The average Bonchev–Trinajstić information content (AvgIpc) is 2.86. The molecule has 0 saturated heterocycles. The lowest BCUT2D eigenvalue weighted by Crippen LogP contribution is -2.55. The molecule has 3 aromatic rings. The molecule has 3 aromatic carbocycles. The van der Waals surface area contributed by atoms with Crippen molar-refractivity contribution in [1.29, 1.82) is 0 Å². The number of rotatable bonds is 10. The van der Waals surface area contributed by atoms with Gasteiger partial charge in [0.25, 0.3) is 10.0 Å². The van der Waals surface area contributed by atoms with Gasteiger partial charge in [-0.3, -0.25) is 13.9 Å². The number of carbonyl (C=O) groups excluding carboxylic acids is 2. The minimum atomic E-state index is -4.10. The molecule has 40 heavy (non-hydrogen) atoms. The van der Waals surface area contributed by atoms with Crippen LogP contribution in [-0.4, -0.2) is 43.3 Å². The van der Waals surface area contributed by atoms with E-state index in [9.17, 15) is 18.0 Å². The first kappa shape index (κ1) is 30.9. The second-order valence-corrected chi connectivity index (χ2v) is 13.1. The number of aryl methyl sites for hydroxylation is 3. The predicted octanol–water partition coefficient (Wildman–Crippen LogP) is 5.53. The Balaban J connectivity index is 2.09. The lowest BCUT2D eigenvalue weighted by Gasteiger charge is -2.35. The van der Waals surface area contributed by atoms with Crippen LogP contribution in [0.1, 0.15) is 56.4 Å². The summed E-state index contributed by atoms with van der Waals surface area (Å²) in [4.78, 5) is 29.2. The van der Waals surface area contributed by atoms with Gasteiger partial charge in [0.05, 0.1) is 10.6 Å². The summed E-state index contributed by atoms with van der Waals surface area (Å²) in [5.74, 6) is -0.740.